The molecule has 2 aliphatic heterocycles. The third-order valence-electron chi connectivity index (χ3n) is 4.44. The van der Waals surface area contributed by atoms with Gasteiger partial charge in [-0.05, 0) is 37.8 Å². The highest BCUT2D eigenvalue weighted by Crippen LogP contribution is 2.30. The van der Waals surface area contributed by atoms with Gasteiger partial charge in [0.05, 0.1) is 18.7 Å². The van der Waals surface area contributed by atoms with Crippen LogP contribution < -0.4 is 5.32 Å². The molecule has 0 saturated carbocycles. The van der Waals surface area contributed by atoms with Crippen LogP contribution in [-0.4, -0.2) is 36.1 Å². The van der Waals surface area contributed by atoms with Crippen LogP contribution in [-0.2, 0) is 9.53 Å². The average Bonchev–Trinajstić information content (AvgIpc) is 3.08. The van der Waals surface area contributed by atoms with E-state index in [4.69, 9.17) is 4.74 Å². The maximum Gasteiger partial charge on any atom is 0.238 e. The highest BCUT2D eigenvalue weighted by atomic mass is 16.5. The van der Waals surface area contributed by atoms with E-state index in [2.05, 4.69) is 31.3 Å². The predicted octanol–water partition coefficient (Wildman–Crippen LogP) is 1.99. The van der Waals surface area contributed by atoms with Crippen LogP contribution in [0.1, 0.15) is 37.1 Å². The third kappa shape index (κ3) is 2.34. The van der Waals surface area contributed by atoms with Crippen molar-refractivity contribution in [1.29, 1.82) is 0 Å². The minimum atomic E-state index is -0.0251. The molecule has 0 aromatic heterocycles. The minimum absolute atomic E-state index is 0.0251. The van der Waals surface area contributed by atoms with Crippen molar-refractivity contribution in [3.63, 3.8) is 0 Å². The summed E-state index contributed by atoms with van der Waals surface area (Å²) in [6.07, 6.45) is 2.29. The zero-order valence-corrected chi connectivity index (χ0v) is 12.1. The molecule has 20 heavy (non-hydrogen) atoms. The van der Waals surface area contributed by atoms with E-state index in [9.17, 15) is 4.79 Å². The maximum absolute atomic E-state index is 12.3. The molecule has 4 nitrogen and oxygen atoms in total. The molecule has 1 aromatic carbocycles. The first-order chi connectivity index (χ1) is 9.68. The van der Waals surface area contributed by atoms with Gasteiger partial charge in [-0.2, -0.15) is 0 Å². The molecule has 1 amide bonds. The van der Waals surface area contributed by atoms with E-state index < -0.39 is 0 Å². The van der Waals surface area contributed by atoms with E-state index >= 15 is 0 Å². The fourth-order valence-electron chi connectivity index (χ4n) is 3.30. The van der Waals surface area contributed by atoms with Crippen LogP contribution >= 0.6 is 0 Å². The summed E-state index contributed by atoms with van der Waals surface area (Å²) < 4.78 is 5.77. The molecule has 1 aromatic rings. The second-order valence-electron chi connectivity index (χ2n) is 5.73. The number of nitrogens with one attached hydrogen (secondary N) is 1. The van der Waals surface area contributed by atoms with Gasteiger partial charge in [0.2, 0.25) is 5.91 Å². The Balaban J connectivity index is 1.86. The van der Waals surface area contributed by atoms with E-state index in [1.54, 1.807) is 0 Å². The molecule has 3 rings (SSSR count). The standard InChI is InChI=1S/C16H22N2O2/c1-11-6-3-4-7-13(11)16-17-10-15(19)18(16)12(2)14-8-5-9-20-14/h3-4,6-7,12,14,16-17H,5,8-10H2,1-2H3. The quantitative estimate of drug-likeness (QED) is 0.916. The molecule has 2 aliphatic rings. The average molecular weight is 274 g/mol. The number of carbonyl (C=O) groups is 1. The van der Waals surface area contributed by atoms with E-state index in [1.165, 1.54) is 11.1 Å². The SMILES string of the molecule is Cc1ccccc1C1NCC(=O)N1C(C)C1CCCO1. The van der Waals surface area contributed by atoms with Crippen molar-refractivity contribution in [2.24, 2.45) is 0 Å². The van der Waals surface area contributed by atoms with Crippen LogP contribution in [0.3, 0.4) is 0 Å². The van der Waals surface area contributed by atoms with Gasteiger partial charge in [-0.25, -0.2) is 0 Å². The van der Waals surface area contributed by atoms with Crippen LogP contribution in [0.5, 0.6) is 0 Å². The molecule has 0 bridgehead atoms. The summed E-state index contributed by atoms with van der Waals surface area (Å²) in [6.45, 7) is 5.43. The van der Waals surface area contributed by atoms with E-state index in [0.717, 1.165) is 19.4 Å². The summed E-state index contributed by atoms with van der Waals surface area (Å²) in [6, 6.07) is 8.37. The number of ether oxygens (including phenoxy) is 1. The summed E-state index contributed by atoms with van der Waals surface area (Å²) in [5, 5.41) is 3.34. The molecule has 0 radical (unpaired) electrons. The molecule has 108 valence electrons. The zero-order valence-electron chi connectivity index (χ0n) is 12.1. The molecule has 3 unspecified atom stereocenters. The van der Waals surface area contributed by atoms with Crippen LogP contribution in [0.2, 0.25) is 0 Å². The van der Waals surface area contributed by atoms with Crippen LogP contribution in [0, 0.1) is 6.92 Å². The van der Waals surface area contributed by atoms with E-state index in [1.807, 2.05) is 17.0 Å². The van der Waals surface area contributed by atoms with Gasteiger partial charge in [-0.15, -0.1) is 0 Å². The number of carbonyl (C=O) groups excluding carboxylic acids is 1. The van der Waals surface area contributed by atoms with Crippen molar-refractivity contribution >= 4 is 5.91 Å². The summed E-state index contributed by atoms with van der Waals surface area (Å²) in [5.41, 5.74) is 2.40. The van der Waals surface area contributed by atoms with E-state index in [-0.39, 0.29) is 24.2 Å². The molecule has 4 heteroatoms. The Kier molecular flexibility index (Phi) is 3.76. The summed E-state index contributed by atoms with van der Waals surface area (Å²) >= 11 is 0. The van der Waals surface area contributed by atoms with Crippen molar-refractivity contribution in [3.05, 3.63) is 35.4 Å². The van der Waals surface area contributed by atoms with Gasteiger partial charge in [-0.3, -0.25) is 10.1 Å². The third-order valence-corrected chi connectivity index (χ3v) is 4.44. The Labute approximate surface area is 120 Å². The smallest absolute Gasteiger partial charge is 0.238 e. The van der Waals surface area contributed by atoms with Crippen LogP contribution in [0.25, 0.3) is 0 Å². The lowest BCUT2D eigenvalue weighted by molar-refractivity contribution is -0.132. The fourth-order valence-corrected chi connectivity index (χ4v) is 3.30. The first-order valence-electron chi connectivity index (χ1n) is 7.40. The lowest BCUT2D eigenvalue weighted by Crippen LogP contribution is -2.44. The molecule has 2 saturated heterocycles. The van der Waals surface area contributed by atoms with Gasteiger partial charge >= 0.3 is 0 Å². The predicted molar refractivity (Wildman–Crippen MR) is 77.2 cm³/mol. The topological polar surface area (TPSA) is 41.6 Å². The fraction of sp³-hybridized carbons (Fsp3) is 0.562. The van der Waals surface area contributed by atoms with Gasteiger partial charge in [0.15, 0.2) is 0 Å². The van der Waals surface area contributed by atoms with Crippen LogP contribution in [0.4, 0.5) is 0 Å². The number of rotatable bonds is 3. The summed E-state index contributed by atoms with van der Waals surface area (Å²) in [7, 11) is 0. The Morgan fingerprint density at radius 1 is 1.40 bits per heavy atom. The lowest BCUT2D eigenvalue weighted by Gasteiger charge is -2.34. The number of hydrogen-bond donors (Lipinski definition) is 1. The highest BCUT2D eigenvalue weighted by molar-refractivity contribution is 5.81. The van der Waals surface area contributed by atoms with Gasteiger partial charge in [-0.1, -0.05) is 24.3 Å². The van der Waals surface area contributed by atoms with Gasteiger partial charge in [0, 0.05) is 6.61 Å². The number of benzene rings is 1. The molecule has 2 heterocycles. The van der Waals surface area contributed by atoms with E-state index in [0.29, 0.717) is 6.54 Å². The number of hydrogen-bond acceptors (Lipinski definition) is 3. The monoisotopic (exact) mass is 274 g/mol. The molecule has 0 aliphatic carbocycles. The van der Waals surface area contributed by atoms with Crippen molar-refractivity contribution < 1.29 is 9.53 Å². The number of amides is 1. The lowest BCUT2D eigenvalue weighted by atomic mass is 10.0. The van der Waals surface area contributed by atoms with Crippen molar-refractivity contribution in [1.82, 2.24) is 10.2 Å². The van der Waals surface area contributed by atoms with Crippen molar-refractivity contribution in [3.8, 4) is 0 Å². The van der Waals surface area contributed by atoms with Crippen molar-refractivity contribution in [2.75, 3.05) is 13.2 Å². The first kappa shape index (κ1) is 13.6. The highest BCUT2D eigenvalue weighted by Gasteiger charge is 2.39. The van der Waals surface area contributed by atoms with Crippen molar-refractivity contribution in [2.45, 2.75) is 45.0 Å². The molecule has 2 fully saturated rings. The number of nitrogens with zero attached hydrogens (tertiary/aromatic N) is 1. The molecule has 1 N–H and O–H groups in total. The minimum Gasteiger partial charge on any atom is -0.376 e. The zero-order chi connectivity index (χ0) is 14.1. The Bertz CT molecular complexity index is 497. The first-order valence-corrected chi connectivity index (χ1v) is 7.40. The normalized spacial score (nSPS) is 28.1. The molecular weight excluding hydrogens is 252 g/mol. The van der Waals surface area contributed by atoms with Gasteiger partial charge < -0.3 is 9.64 Å². The summed E-state index contributed by atoms with van der Waals surface area (Å²) in [5.74, 6) is 0.168. The Morgan fingerprint density at radius 3 is 2.90 bits per heavy atom. The molecule has 3 atom stereocenters. The Hall–Kier alpha value is -1.39. The summed E-state index contributed by atoms with van der Waals surface area (Å²) in [4.78, 5) is 14.2. The molecule has 0 spiro atoms. The Morgan fingerprint density at radius 2 is 2.20 bits per heavy atom. The van der Waals surface area contributed by atoms with Gasteiger partial charge in [0.1, 0.15) is 6.17 Å². The second-order valence-corrected chi connectivity index (χ2v) is 5.73. The largest absolute Gasteiger partial charge is 0.376 e. The maximum atomic E-state index is 12.3. The van der Waals surface area contributed by atoms with Gasteiger partial charge in [0.25, 0.3) is 0 Å². The van der Waals surface area contributed by atoms with Crippen LogP contribution in [0.15, 0.2) is 24.3 Å². The molecular formula is C16H22N2O2. The number of aryl methyl sites for hydroxylation is 1. The second kappa shape index (κ2) is 5.54.